The van der Waals surface area contributed by atoms with Crippen molar-refractivity contribution in [3.63, 3.8) is 0 Å². The van der Waals surface area contributed by atoms with Crippen molar-refractivity contribution in [1.82, 2.24) is 10.2 Å². The lowest BCUT2D eigenvalue weighted by Crippen LogP contribution is -2.07. The minimum absolute atomic E-state index is 0.197. The summed E-state index contributed by atoms with van der Waals surface area (Å²) in [7, 11) is 0. The molecule has 1 aromatic heterocycles. The third-order valence-electron chi connectivity index (χ3n) is 3.11. The number of aromatic nitrogens is 2. The molecule has 0 unspecified atom stereocenters. The monoisotopic (exact) mass is 229 g/mol. The fourth-order valence-electron chi connectivity index (χ4n) is 2.32. The number of nitrogens with two attached hydrogens (primary N) is 1. The molecule has 1 aromatic carbocycles. The van der Waals surface area contributed by atoms with Gasteiger partial charge in [0.05, 0.1) is 5.69 Å². The predicted molar refractivity (Wildman–Crippen MR) is 62.8 cm³/mol. The Balaban J connectivity index is 2.21. The maximum atomic E-state index is 11.0. The maximum Gasteiger partial charge on any atom is 0.354 e. The van der Waals surface area contributed by atoms with Gasteiger partial charge in [0.15, 0.2) is 0 Å². The molecule has 5 heteroatoms. The van der Waals surface area contributed by atoms with Gasteiger partial charge in [-0.1, -0.05) is 6.07 Å². The first kappa shape index (κ1) is 9.89. The topological polar surface area (TPSA) is 92.0 Å². The minimum Gasteiger partial charge on any atom is -0.477 e. The van der Waals surface area contributed by atoms with Crippen LogP contribution in [0.5, 0.6) is 0 Å². The Morgan fingerprint density at radius 2 is 2.24 bits per heavy atom. The van der Waals surface area contributed by atoms with Gasteiger partial charge in [-0.15, -0.1) is 0 Å². The number of hydrogen-bond donors (Lipinski definition) is 3. The van der Waals surface area contributed by atoms with Crippen molar-refractivity contribution in [2.24, 2.45) is 0 Å². The lowest BCUT2D eigenvalue weighted by atomic mass is 9.89. The summed E-state index contributed by atoms with van der Waals surface area (Å²) in [6.07, 6.45) is 1.48. The number of aromatic amines is 1. The minimum atomic E-state index is -0.961. The molecule has 1 aliphatic carbocycles. The molecule has 0 spiro atoms. The van der Waals surface area contributed by atoms with E-state index < -0.39 is 5.97 Å². The number of aryl methyl sites for hydroxylation is 1. The highest BCUT2D eigenvalue weighted by atomic mass is 16.4. The number of aromatic carboxylic acids is 1. The zero-order valence-corrected chi connectivity index (χ0v) is 9.03. The summed E-state index contributed by atoms with van der Waals surface area (Å²) >= 11 is 0. The molecule has 5 nitrogen and oxygen atoms in total. The summed E-state index contributed by atoms with van der Waals surface area (Å²) in [5.41, 5.74) is 10.3. The Labute approximate surface area is 97.3 Å². The van der Waals surface area contributed by atoms with Crippen LogP contribution in [0.4, 0.5) is 5.69 Å². The number of carboxylic acid groups (broad SMARTS) is 1. The van der Waals surface area contributed by atoms with Gasteiger partial charge in [0.2, 0.25) is 0 Å². The van der Waals surface area contributed by atoms with Crippen molar-refractivity contribution in [3.8, 4) is 11.3 Å². The van der Waals surface area contributed by atoms with Gasteiger partial charge in [-0.25, -0.2) is 4.79 Å². The number of carboxylic acids is 1. The summed E-state index contributed by atoms with van der Waals surface area (Å²) in [5.74, 6) is -0.961. The number of benzene rings is 1. The van der Waals surface area contributed by atoms with E-state index in [9.17, 15) is 4.79 Å². The van der Waals surface area contributed by atoms with E-state index in [1.807, 2.05) is 18.2 Å². The van der Waals surface area contributed by atoms with Crippen LogP contribution in [-0.2, 0) is 12.8 Å². The Morgan fingerprint density at radius 3 is 3.00 bits per heavy atom. The molecule has 0 atom stereocenters. The number of nitrogen functional groups attached to an aromatic ring is 1. The molecular formula is C12H11N3O2. The van der Waals surface area contributed by atoms with Gasteiger partial charge < -0.3 is 10.8 Å². The van der Waals surface area contributed by atoms with Crippen LogP contribution in [0, 0.1) is 0 Å². The summed E-state index contributed by atoms with van der Waals surface area (Å²) in [6, 6.07) is 5.63. The number of fused-ring (bicyclic) bond motifs is 3. The average molecular weight is 229 g/mol. The summed E-state index contributed by atoms with van der Waals surface area (Å²) in [5, 5.41) is 15.7. The zero-order valence-electron chi connectivity index (χ0n) is 9.03. The summed E-state index contributed by atoms with van der Waals surface area (Å²) in [4.78, 5) is 11.0. The highest BCUT2D eigenvalue weighted by Crippen LogP contribution is 2.34. The van der Waals surface area contributed by atoms with E-state index in [2.05, 4.69) is 10.2 Å². The number of nitrogens with one attached hydrogen (secondary N) is 1. The number of carbonyl (C=O) groups is 1. The first-order valence-electron chi connectivity index (χ1n) is 5.36. The van der Waals surface area contributed by atoms with Crippen LogP contribution in [0.25, 0.3) is 11.3 Å². The normalized spacial score (nSPS) is 12.9. The lowest BCUT2D eigenvalue weighted by Gasteiger charge is -2.15. The molecule has 0 saturated carbocycles. The van der Waals surface area contributed by atoms with Crippen molar-refractivity contribution in [2.45, 2.75) is 12.8 Å². The molecule has 0 amide bonds. The predicted octanol–water partition coefficient (Wildman–Crippen LogP) is 1.46. The Kier molecular flexibility index (Phi) is 1.95. The second-order valence-corrected chi connectivity index (χ2v) is 4.15. The van der Waals surface area contributed by atoms with Gasteiger partial charge in [0.25, 0.3) is 0 Å². The number of rotatable bonds is 1. The number of anilines is 1. The highest BCUT2D eigenvalue weighted by molar-refractivity contribution is 5.90. The molecule has 1 heterocycles. The van der Waals surface area contributed by atoms with Gasteiger partial charge >= 0.3 is 5.97 Å². The SMILES string of the molecule is Nc1ccc2c(c1)CCc1c-2n[nH]c1C(=O)O. The molecule has 0 radical (unpaired) electrons. The van der Waals surface area contributed by atoms with Crippen molar-refractivity contribution in [1.29, 1.82) is 0 Å². The molecule has 1 aliphatic rings. The van der Waals surface area contributed by atoms with Crippen molar-refractivity contribution in [3.05, 3.63) is 35.0 Å². The van der Waals surface area contributed by atoms with Crippen molar-refractivity contribution in [2.75, 3.05) is 5.73 Å². The van der Waals surface area contributed by atoms with Crippen LogP contribution in [0.1, 0.15) is 21.6 Å². The molecule has 0 aliphatic heterocycles. The van der Waals surface area contributed by atoms with E-state index >= 15 is 0 Å². The van der Waals surface area contributed by atoms with Crippen LogP contribution < -0.4 is 5.73 Å². The Hall–Kier alpha value is -2.30. The smallest absolute Gasteiger partial charge is 0.354 e. The largest absolute Gasteiger partial charge is 0.477 e. The Bertz CT molecular complexity index is 616. The zero-order chi connectivity index (χ0) is 12.0. The first-order valence-corrected chi connectivity index (χ1v) is 5.36. The van der Waals surface area contributed by atoms with E-state index in [-0.39, 0.29) is 5.69 Å². The van der Waals surface area contributed by atoms with E-state index in [0.29, 0.717) is 6.42 Å². The molecule has 2 aromatic rings. The molecular weight excluding hydrogens is 218 g/mol. The van der Waals surface area contributed by atoms with Gasteiger partial charge in [0.1, 0.15) is 5.69 Å². The van der Waals surface area contributed by atoms with E-state index in [1.54, 1.807) is 0 Å². The molecule has 17 heavy (non-hydrogen) atoms. The van der Waals surface area contributed by atoms with Crippen molar-refractivity contribution >= 4 is 11.7 Å². The van der Waals surface area contributed by atoms with Gasteiger partial charge in [0, 0.05) is 16.8 Å². The van der Waals surface area contributed by atoms with Crippen LogP contribution in [0.15, 0.2) is 18.2 Å². The molecule has 4 N–H and O–H groups in total. The second kappa shape index (κ2) is 3.35. The standard InChI is InChI=1S/C12H11N3O2/c13-7-2-4-8-6(5-7)1-3-9-10(8)14-15-11(9)12(16)17/h2,4-5H,1,3,13H2,(H,14,15)(H,16,17). The second-order valence-electron chi connectivity index (χ2n) is 4.15. The first-order chi connectivity index (χ1) is 8.16. The molecule has 0 bridgehead atoms. The number of nitrogens with zero attached hydrogens (tertiary/aromatic N) is 1. The molecule has 3 rings (SSSR count). The van der Waals surface area contributed by atoms with Crippen LogP contribution in [0.3, 0.4) is 0 Å². The molecule has 0 saturated heterocycles. The lowest BCUT2D eigenvalue weighted by molar-refractivity contribution is 0.0689. The van der Waals surface area contributed by atoms with Crippen LogP contribution in [-0.4, -0.2) is 21.3 Å². The van der Waals surface area contributed by atoms with Gasteiger partial charge in [-0.05, 0) is 30.5 Å². The van der Waals surface area contributed by atoms with Crippen LogP contribution >= 0.6 is 0 Å². The van der Waals surface area contributed by atoms with Crippen molar-refractivity contribution < 1.29 is 9.90 Å². The fourth-order valence-corrected chi connectivity index (χ4v) is 2.32. The summed E-state index contributed by atoms with van der Waals surface area (Å²) < 4.78 is 0. The van der Waals surface area contributed by atoms with E-state index in [0.717, 1.165) is 34.5 Å². The number of H-pyrrole nitrogens is 1. The fraction of sp³-hybridized carbons (Fsp3) is 0.167. The van der Waals surface area contributed by atoms with Gasteiger partial charge in [-0.2, -0.15) is 5.10 Å². The third kappa shape index (κ3) is 1.39. The highest BCUT2D eigenvalue weighted by Gasteiger charge is 2.24. The quantitative estimate of drug-likeness (QED) is 0.645. The maximum absolute atomic E-state index is 11.0. The van der Waals surface area contributed by atoms with Crippen LogP contribution in [0.2, 0.25) is 0 Å². The Morgan fingerprint density at radius 1 is 1.41 bits per heavy atom. The van der Waals surface area contributed by atoms with E-state index in [4.69, 9.17) is 10.8 Å². The molecule has 0 fully saturated rings. The third-order valence-corrected chi connectivity index (χ3v) is 3.11. The summed E-state index contributed by atoms with van der Waals surface area (Å²) in [6.45, 7) is 0. The molecule has 86 valence electrons. The van der Waals surface area contributed by atoms with Gasteiger partial charge in [-0.3, -0.25) is 5.10 Å². The number of hydrogen-bond acceptors (Lipinski definition) is 3. The average Bonchev–Trinajstić information content (AvgIpc) is 2.72. The van der Waals surface area contributed by atoms with E-state index in [1.165, 1.54) is 0 Å².